The quantitative estimate of drug-likeness (QED) is 0.745. The average Bonchev–Trinajstić information content (AvgIpc) is 2.59. The van der Waals surface area contributed by atoms with Crippen LogP contribution in [0.5, 0.6) is 11.5 Å². The van der Waals surface area contributed by atoms with Gasteiger partial charge in [-0.2, -0.15) is 0 Å². The summed E-state index contributed by atoms with van der Waals surface area (Å²) in [4.78, 5) is 10.3. The van der Waals surface area contributed by atoms with E-state index < -0.39 is 9.84 Å². The highest BCUT2D eigenvalue weighted by Crippen LogP contribution is 2.33. The number of hydrogen-bond donors (Lipinski definition) is 1. The standard InChI is InChI=1S/C16H22N4O4S/c1-23-14-9-12-13(18-11-19-16(12)17)10-15(14)24-6-2-3-20-4-7-25(21,22)8-5-20/h9-11H,2-8H2,1H3,(H2,17,18,19). The van der Waals surface area contributed by atoms with Crippen LogP contribution in [0.25, 0.3) is 10.9 Å². The van der Waals surface area contributed by atoms with Crippen LogP contribution in [-0.4, -0.2) is 68.1 Å². The van der Waals surface area contributed by atoms with Crippen molar-refractivity contribution in [1.82, 2.24) is 14.9 Å². The second-order valence-electron chi connectivity index (χ2n) is 5.97. The largest absolute Gasteiger partial charge is 0.493 e. The van der Waals surface area contributed by atoms with Gasteiger partial charge in [-0.15, -0.1) is 0 Å². The van der Waals surface area contributed by atoms with E-state index >= 15 is 0 Å². The van der Waals surface area contributed by atoms with E-state index in [-0.39, 0.29) is 11.5 Å². The molecule has 1 saturated heterocycles. The zero-order valence-corrected chi connectivity index (χ0v) is 15.0. The third kappa shape index (κ3) is 4.29. The molecule has 1 aromatic heterocycles. The van der Waals surface area contributed by atoms with Crippen molar-refractivity contribution in [3.63, 3.8) is 0 Å². The van der Waals surface area contributed by atoms with Gasteiger partial charge in [0.1, 0.15) is 12.1 Å². The first-order valence-corrected chi connectivity index (χ1v) is 9.94. The fourth-order valence-electron chi connectivity index (χ4n) is 2.80. The van der Waals surface area contributed by atoms with Gasteiger partial charge in [-0.1, -0.05) is 0 Å². The third-order valence-corrected chi connectivity index (χ3v) is 5.87. The van der Waals surface area contributed by atoms with Gasteiger partial charge in [0.25, 0.3) is 0 Å². The number of sulfone groups is 1. The Hall–Kier alpha value is -2.13. The number of benzene rings is 1. The van der Waals surface area contributed by atoms with Crippen LogP contribution in [-0.2, 0) is 9.84 Å². The Labute approximate surface area is 146 Å². The third-order valence-electron chi connectivity index (χ3n) is 4.26. The molecule has 1 aromatic carbocycles. The van der Waals surface area contributed by atoms with E-state index in [1.807, 2.05) is 0 Å². The van der Waals surface area contributed by atoms with Crippen molar-refractivity contribution in [1.29, 1.82) is 0 Å². The summed E-state index contributed by atoms with van der Waals surface area (Å²) in [5.74, 6) is 2.07. The maximum Gasteiger partial charge on any atom is 0.163 e. The summed E-state index contributed by atoms with van der Waals surface area (Å²) in [5.41, 5.74) is 6.56. The molecule has 2 aromatic rings. The first-order valence-electron chi connectivity index (χ1n) is 8.12. The Morgan fingerprint density at radius 3 is 2.68 bits per heavy atom. The molecule has 0 saturated carbocycles. The molecule has 2 N–H and O–H groups in total. The van der Waals surface area contributed by atoms with Crippen LogP contribution >= 0.6 is 0 Å². The molecular weight excluding hydrogens is 344 g/mol. The van der Waals surface area contributed by atoms with Crippen LogP contribution in [0.3, 0.4) is 0 Å². The number of nitrogens with zero attached hydrogens (tertiary/aromatic N) is 3. The number of rotatable bonds is 6. The van der Waals surface area contributed by atoms with Gasteiger partial charge >= 0.3 is 0 Å². The topological polar surface area (TPSA) is 108 Å². The summed E-state index contributed by atoms with van der Waals surface area (Å²) in [5, 5.41) is 0.723. The molecule has 2 heterocycles. The minimum atomic E-state index is -2.83. The molecule has 1 aliphatic heterocycles. The maximum atomic E-state index is 11.4. The van der Waals surface area contributed by atoms with E-state index in [0.717, 1.165) is 18.4 Å². The molecule has 0 aliphatic carbocycles. The highest BCUT2D eigenvalue weighted by atomic mass is 32.2. The van der Waals surface area contributed by atoms with E-state index in [0.29, 0.717) is 42.5 Å². The Morgan fingerprint density at radius 2 is 1.96 bits per heavy atom. The molecule has 0 spiro atoms. The fraction of sp³-hybridized carbons (Fsp3) is 0.500. The van der Waals surface area contributed by atoms with Crippen molar-refractivity contribution in [3.8, 4) is 11.5 Å². The lowest BCUT2D eigenvalue weighted by molar-refractivity contribution is 0.240. The lowest BCUT2D eigenvalue weighted by Gasteiger charge is -2.26. The number of nitrogen functional groups attached to an aromatic ring is 1. The zero-order chi connectivity index (χ0) is 17.9. The second kappa shape index (κ2) is 7.40. The number of ether oxygens (including phenoxy) is 2. The van der Waals surface area contributed by atoms with E-state index in [9.17, 15) is 8.42 Å². The monoisotopic (exact) mass is 366 g/mol. The summed E-state index contributed by atoms with van der Waals surface area (Å²) in [6.45, 7) is 2.50. The molecule has 0 atom stereocenters. The van der Waals surface area contributed by atoms with E-state index in [4.69, 9.17) is 15.2 Å². The van der Waals surface area contributed by atoms with Crippen LogP contribution in [0.4, 0.5) is 5.82 Å². The van der Waals surface area contributed by atoms with E-state index in [2.05, 4.69) is 14.9 Å². The van der Waals surface area contributed by atoms with Gasteiger partial charge in [0, 0.05) is 31.1 Å². The summed E-state index contributed by atoms with van der Waals surface area (Å²) in [7, 11) is -1.26. The maximum absolute atomic E-state index is 11.4. The summed E-state index contributed by atoms with van der Waals surface area (Å²) < 4.78 is 34.1. The number of aromatic nitrogens is 2. The van der Waals surface area contributed by atoms with E-state index in [1.54, 1.807) is 19.2 Å². The Bertz CT molecular complexity index is 843. The van der Waals surface area contributed by atoms with Crippen molar-refractivity contribution >= 4 is 26.6 Å². The normalized spacial score (nSPS) is 17.5. The molecule has 0 radical (unpaired) electrons. The smallest absolute Gasteiger partial charge is 0.163 e. The minimum Gasteiger partial charge on any atom is -0.493 e. The van der Waals surface area contributed by atoms with Crippen LogP contribution in [0.2, 0.25) is 0 Å². The van der Waals surface area contributed by atoms with Gasteiger partial charge in [0.15, 0.2) is 21.3 Å². The average molecular weight is 366 g/mol. The molecule has 8 nitrogen and oxygen atoms in total. The lowest BCUT2D eigenvalue weighted by atomic mass is 10.2. The van der Waals surface area contributed by atoms with Crippen molar-refractivity contribution in [2.75, 3.05) is 50.6 Å². The van der Waals surface area contributed by atoms with Gasteiger partial charge < -0.3 is 20.1 Å². The Kier molecular flexibility index (Phi) is 5.24. The number of nitrogens with two attached hydrogens (primary N) is 1. The van der Waals surface area contributed by atoms with Crippen LogP contribution in [0.1, 0.15) is 6.42 Å². The number of methoxy groups -OCH3 is 1. The van der Waals surface area contributed by atoms with E-state index in [1.165, 1.54) is 6.33 Å². The number of anilines is 1. The molecule has 1 aliphatic rings. The molecule has 3 rings (SSSR count). The molecule has 136 valence electrons. The van der Waals surface area contributed by atoms with Crippen molar-refractivity contribution in [2.45, 2.75) is 6.42 Å². The summed E-state index contributed by atoms with van der Waals surface area (Å²) in [6, 6.07) is 3.56. The first-order chi connectivity index (χ1) is 12.0. The Morgan fingerprint density at radius 1 is 1.20 bits per heavy atom. The first kappa shape index (κ1) is 17.7. The lowest BCUT2D eigenvalue weighted by Crippen LogP contribution is -2.40. The molecule has 0 unspecified atom stereocenters. The summed E-state index contributed by atoms with van der Waals surface area (Å²) >= 11 is 0. The molecule has 1 fully saturated rings. The van der Waals surface area contributed by atoms with Gasteiger partial charge in [-0.3, -0.25) is 0 Å². The number of hydrogen-bond acceptors (Lipinski definition) is 8. The van der Waals surface area contributed by atoms with Gasteiger partial charge in [0.05, 0.1) is 30.7 Å². The molecule has 0 amide bonds. The second-order valence-corrected chi connectivity index (χ2v) is 8.28. The predicted molar refractivity (Wildman–Crippen MR) is 95.7 cm³/mol. The fourth-order valence-corrected chi connectivity index (χ4v) is 4.08. The van der Waals surface area contributed by atoms with Gasteiger partial charge in [-0.05, 0) is 12.5 Å². The van der Waals surface area contributed by atoms with Crippen LogP contribution < -0.4 is 15.2 Å². The van der Waals surface area contributed by atoms with Gasteiger partial charge in [-0.25, -0.2) is 18.4 Å². The molecule has 25 heavy (non-hydrogen) atoms. The van der Waals surface area contributed by atoms with Crippen LogP contribution in [0.15, 0.2) is 18.5 Å². The van der Waals surface area contributed by atoms with Crippen molar-refractivity contribution in [2.24, 2.45) is 0 Å². The highest BCUT2D eigenvalue weighted by molar-refractivity contribution is 7.91. The minimum absolute atomic E-state index is 0.244. The number of fused-ring (bicyclic) bond motifs is 1. The van der Waals surface area contributed by atoms with Crippen molar-refractivity contribution in [3.05, 3.63) is 18.5 Å². The molecule has 0 bridgehead atoms. The predicted octanol–water partition coefficient (Wildman–Crippen LogP) is 0.720. The zero-order valence-electron chi connectivity index (χ0n) is 14.1. The molecular formula is C16H22N4O4S. The van der Waals surface area contributed by atoms with Crippen molar-refractivity contribution < 1.29 is 17.9 Å². The SMILES string of the molecule is COc1cc2c(N)ncnc2cc1OCCCN1CCS(=O)(=O)CC1. The van der Waals surface area contributed by atoms with Gasteiger partial charge in [0.2, 0.25) is 0 Å². The van der Waals surface area contributed by atoms with Crippen LogP contribution in [0, 0.1) is 0 Å². The Balaban J connectivity index is 1.58. The summed E-state index contributed by atoms with van der Waals surface area (Å²) in [6.07, 6.45) is 2.21. The molecule has 9 heteroatoms. The highest BCUT2D eigenvalue weighted by Gasteiger charge is 2.21.